The van der Waals surface area contributed by atoms with Crippen molar-refractivity contribution in [1.82, 2.24) is 5.32 Å². The molecule has 0 radical (unpaired) electrons. The zero-order valence-electron chi connectivity index (χ0n) is 12.5. The lowest BCUT2D eigenvalue weighted by Gasteiger charge is -2.14. The Morgan fingerprint density at radius 1 is 1.30 bits per heavy atom. The summed E-state index contributed by atoms with van der Waals surface area (Å²) >= 11 is 0. The third-order valence-corrected chi connectivity index (χ3v) is 3.81. The molecule has 1 aromatic carbocycles. The second-order valence-electron chi connectivity index (χ2n) is 6.22. The number of aryl methyl sites for hydroxylation is 2. The summed E-state index contributed by atoms with van der Waals surface area (Å²) in [5, 5.41) is 12.6. The van der Waals surface area contributed by atoms with E-state index in [-0.39, 0.29) is 5.91 Å². The molecule has 1 aromatic rings. The third kappa shape index (κ3) is 4.34. The van der Waals surface area contributed by atoms with Crippen LogP contribution in [0.4, 0.5) is 0 Å². The smallest absolute Gasteiger partial charge is 0.224 e. The Morgan fingerprint density at radius 2 is 2.05 bits per heavy atom. The predicted octanol–water partition coefficient (Wildman–Crippen LogP) is 2.24. The van der Waals surface area contributed by atoms with Crippen LogP contribution in [0, 0.1) is 5.92 Å². The quantitative estimate of drug-likeness (QED) is 0.836. The molecule has 0 aliphatic heterocycles. The first kappa shape index (κ1) is 15.0. The number of aliphatic hydroxyl groups excluding tert-OH is 1. The Balaban J connectivity index is 1.80. The predicted molar refractivity (Wildman–Crippen MR) is 80.6 cm³/mol. The first-order chi connectivity index (χ1) is 9.54. The molecule has 1 atom stereocenters. The highest BCUT2D eigenvalue weighted by Crippen LogP contribution is 2.22. The number of carbonyl (C=O) groups is 1. The zero-order chi connectivity index (χ0) is 14.5. The number of hydrogen-bond acceptors (Lipinski definition) is 2. The molecule has 1 amide bonds. The van der Waals surface area contributed by atoms with Gasteiger partial charge in [-0.15, -0.1) is 0 Å². The fourth-order valence-electron chi connectivity index (χ4n) is 2.84. The van der Waals surface area contributed by atoms with E-state index < -0.39 is 6.10 Å². The van der Waals surface area contributed by atoms with E-state index in [4.69, 9.17) is 0 Å². The minimum atomic E-state index is -0.445. The van der Waals surface area contributed by atoms with Crippen LogP contribution in [0.2, 0.25) is 0 Å². The van der Waals surface area contributed by atoms with Crippen LogP contribution in [-0.4, -0.2) is 23.7 Å². The summed E-state index contributed by atoms with van der Waals surface area (Å²) < 4.78 is 0. The van der Waals surface area contributed by atoms with Crippen molar-refractivity contribution in [3.8, 4) is 0 Å². The summed E-state index contributed by atoms with van der Waals surface area (Å²) in [6.07, 6.45) is 4.22. The highest BCUT2D eigenvalue weighted by Gasteiger charge is 2.13. The molecular formula is C17H25NO2. The number of aliphatic hydroxyl groups is 1. The maximum absolute atomic E-state index is 11.9. The topological polar surface area (TPSA) is 49.3 Å². The molecule has 1 aliphatic carbocycles. The highest BCUT2D eigenvalue weighted by atomic mass is 16.3. The second kappa shape index (κ2) is 6.89. The SMILES string of the molecule is CC(C)CC(O)CNC(=O)Cc1ccc2c(c1)CCC2. The maximum atomic E-state index is 11.9. The van der Waals surface area contributed by atoms with Gasteiger partial charge in [0.25, 0.3) is 0 Å². The molecule has 0 fully saturated rings. The van der Waals surface area contributed by atoms with Crippen molar-refractivity contribution in [3.63, 3.8) is 0 Å². The van der Waals surface area contributed by atoms with Crippen LogP contribution in [0.15, 0.2) is 18.2 Å². The molecule has 0 aromatic heterocycles. The van der Waals surface area contributed by atoms with Crippen molar-refractivity contribution in [2.45, 2.75) is 52.1 Å². The number of fused-ring (bicyclic) bond motifs is 1. The first-order valence-electron chi connectivity index (χ1n) is 7.60. The molecule has 2 N–H and O–H groups in total. The molecule has 1 aliphatic rings. The summed E-state index contributed by atoms with van der Waals surface area (Å²) in [5.41, 5.74) is 3.90. The number of amides is 1. The van der Waals surface area contributed by atoms with Crippen LogP contribution in [-0.2, 0) is 24.1 Å². The summed E-state index contributed by atoms with van der Waals surface area (Å²) in [4.78, 5) is 11.9. The Hall–Kier alpha value is -1.35. The average molecular weight is 275 g/mol. The summed E-state index contributed by atoms with van der Waals surface area (Å²) in [6, 6.07) is 6.36. The molecule has 0 bridgehead atoms. The van der Waals surface area contributed by atoms with Crippen molar-refractivity contribution in [1.29, 1.82) is 0 Å². The van der Waals surface area contributed by atoms with Crippen LogP contribution in [0.5, 0.6) is 0 Å². The van der Waals surface area contributed by atoms with Gasteiger partial charge in [-0.1, -0.05) is 32.0 Å². The first-order valence-corrected chi connectivity index (χ1v) is 7.60. The van der Waals surface area contributed by atoms with Crippen LogP contribution >= 0.6 is 0 Å². The second-order valence-corrected chi connectivity index (χ2v) is 6.22. The fourth-order valence-corrected chi connectivity index (χ4v) is 2.84. The van der Waals surface area contributed by atoms with Crippen LogP contribution in [0.3, 0.4) is 0 Å². The molecule has 0 saturated carbocycles. The van der Waals surface area contributed by atoms with Crippen molar-refractivity contribution in [3.05, 3.63) is 34.9 Å². The number of hydrogen-bond donors (Lipinski definition) is 2. The van der Waals surface area contributed by atoms with E-state index in [9.17, 15) is 9.90 Å². The Morgan fingerprint density at radius 3 is 2.80 bits per heavy atom. The van der Waals surface area contributed by atoms with Crippen molar-refractivity contribution in [2.75, 3.05) is 6.54 Å². The summed E-state index contributed by atoms with van der Waals surface area (Å²) in [5.74, 6) is 0.435. The summed E-state index contributed by atoms with van der Waals surface area (Å²) in [7, 11) is 0. The van der Waals surface area contributed by atoms with E-state index >= 15 is 0 Å². The van der Waals surface area contributed by atoms with Gasteiger partial charge < -0.3 is 10.4 Å². The molecule has 3 heteroatoms. The fraction of sp³-hybridized carbons (Fsp3) is 0.588. The lowest BCUT2D eigenvalue weighted by Crippen LogP contribution is -2.33. The van der Waals surface area contributed by atoms with E-state index in [0.29, 0.717) is 18.9 Å². The van der Waals surface area contributed by atoms with Crippen molar-refractivity contribution < 1.29 is 9.90 Å². The molecular weight excluding hydrogens is 250 g/mol. The van der Waals surface area contributed by atoms with E-state index in [1.807, 2.05) is 6.07 Å². The lowest BCUT2D eigenvalue weighted by atomic mass is 10.0. The Kier molecular flexibility index (Phi) is 5.18. The van der Waals surface area contributed by atoms with E-state index in [1.165, 1.54) is 24.0 Å². The van der Waals surface area contributed by atoms with Gasteiger partial charge in [0.2, 0.25) is 5.91 Å². The minimum Gasteiger partial charge on any atom is -0.391 e. The maximum Gasteiger partial charge on any atom is 0.224 e. The molecule has 110 valence electrons. The molecule has 20 heavy (non-hydrogen) atoms. The Labute approximate surface area is 121 Å². The van der Waals surface area contributed by atoms with Gasteiger partial charge in [0, 0.05) is 6.54 Å². The summed E-state index contributed by atoms with van der Waals surface area (Å²) in [6.45, 7) is 4.48. The molecule has 0 heterocycles. The zero-order valence-corrected chi connectivity index (χ0v) is 12.5. The number of carbonyl (C=O) groups excluding carboxylic acids is 1. The van der Waals surface area contributed by atoms with Crippen molar-refractivity contribution in [2.24, 2.45) is 5.92 Å². The monoisotopic (exact) mass is 275 g/mol. The standard InChI is InChI=1S/C17H25NO2/c1-12(2)8-16(19)11-18-17(20)10-13-6-7-14-4-3-5-15(14)9-13/h6-7,9,12,16,19H,3-5,8,10-11H2,1-2H3,(H,18,20). The molecule has 0 saturated heterocycles. The van der Waals surface area contributed by atoms with Gasteiger partial charge in [0.15, 0.2) is 0 Å². The van der Waals surface area contributed by atoms with Crippen LogP contribution in [0.25, 0.3) is 0 Å². The van der Waals surface area contributed by atoms with E-state index in [0.717, 1.165) is 18.4 Å². The minimum absolute atomic E-state index is 0.00856. The number of nitrogens with one attached hydrogen (secondary N) is 1. The third-order valence-electron chi connectivity index (χ3n) is 3.81. The van der Waals surface area contributed by atoms with Gasteiger partial charge in [-0.3, -0.25) is 4.79 Å². The molecule has 1 unspecified atom stereocenters. The molecule has 2 rings (SSSR count). The van der Waals surface area contributed by atoms with Crippen LogP contribution < -0.4 is 5.32 Å². The van der Waals surface area contributed by atoms with Gasteiger partial charge in [-0.2, -0.15) is 0 Å². The van der Waals surface area contributed by atoms with Crippen molar-refractivity contribution >= 4 is 5.91 Å². The normalized spacial score (nSPS) is 15.2. The van der Waals surface area contributed by atoms with E-state index in [1.54, 1.807) is 0 Å². The van der Waals surface area contributed by atoms with E-state index in [2.05, 4.69) is 31.3 Å². The largest absolute Gasteiger partial charge is 0.391 e. The highest BCUT2D eigenvalue weighted by molar-refractivity contribution is 5.78. The van der Waals surface area contributed by atoms with Gasteiger partial charge in [-0.25, -0.2) is 0 Å². The average Bonchev–Trinajstić information content (AvgIpc) is 2.83. The molecule has 3 nitrogen and oxygen atoms in total. The molecule has 0 spiro atoms. The lowest BCUT2D eigenvalue weighted by molar-refractivity contribution is -0.120. The van der Waals surface area contributed by atoms with Gasteiger partial charge in [-0.05, 0) is 48.3 Å². The number of rotatable bonds is 6. The Bertz CT molecular complexity index is 468. The van der Waals surface area contributed by atoms with Gasteiger partial charge in [0.05, 0.1) is 12.5 Å². The number of benzene rings is 1. The van der Waals surface area contributed by atoms with Gasteiger partial charge in [0.1, 0.15) is 0 Å². The van der Waals surface area contributed by atoms with Crippen LogP contribution in [0.1, 0.15) is 43.4 Å². The van der Waals surface area contributed by atoms with Gasteiger partial charge >= 0.3 is 0 Å².